The highest BCUT2D eigenvalue weighted by Crippen LogP contribution is 2.41. The lowest BCUT2D eigenvalue weighted by atomic mass is 10.2. The predicted molar refractivity (Wildman–Crippen MR) is 94.7 cm³/mol. The zero-order chi connectivity index (χ0) is 17.3. The molecule has 2 aliphatic heterocycles. The zero-order valence-electron chi connectivity index (χ0n) is 13.3. The average Bonchev–Trinajstić information content (AvgIpc) is 2.97. The standard InChI is InChI=1S/C16H19FN2O3S2/c1-2-3-8-15(20)18-16-19(12-7-5-4-6-11(12)17)13-9-24(21,22)10-14(13)23-16/h4-7,13-14H,2-3,8-10H2,1H3/t13-,14+/m1/s1. The van der Waals surface area contributed by atoms with Crippen LogP contribution in [-0.2, 0) is 14.6 Å². The Hall–Kier alpha value is -1.41. The van der Waals surface area contributed by atoms with Crippen LogP contribution in [0.25, 0.3) is 0 Å². The van der Waals surface area contributed by atoms with E-state index in [9.17, 15) is 17.6 Å². The number of aliphatic imine (C=N–C) groups is 1. The van der Waals surface area contributed by atoms with E-state index in [4.69, 9.17) is 0 Å². The monoisotopic (exact) mass is 370 g/mol. The molecule has 0 N–H and O–H groups in total. The molecule has 3 rings (SSSR count). The fourth-order valence-corrected chi connectivity index (χ4v) is 6.91. The quantitative estimate of drug-likeness (QED) is 0.815. The molecular formula is C16H19FN2O3S2. The molecule has 0 bridgehead atoms. The molecule has 1 aromatic carbocycles. The molecule has 2 atom stereocenters. The lowest BCUT2D eigenvalue weighted by molar-refractivity contribution is -0.117. The second kappa shape index (κ2) is 6.84. The third-order valence-corrected chi connectivity index (χ3v) is 7.35. The van der Waals surface area contributed by atoms with Crippen LogP contribution in [0.1, 0.15) is 26.2 Å². The number of para-hydroxylation sites is 1. The van der Waals surface area contributed by atoms with Gasteiger partial charge in [-0.2, -0.15) is 4.99 Å². The number of hydrogen-bond donors (Lipinski definition) is 0. The number of amides is 1. The molecule has 0 radical (unpaired) electrons. The molecule has 5 nitrogen and oxygen atoms in total. The topological polar surface area (TPSA) is 66.8 Å². The maximum Gasteiger partial charge on any atom is 0.248 e. The Morgan fingerprint density at radius 3 is 2.83 bits per heavy atom. The van der Waals surface area contributed by atoms with Crippen LogP contribution >= 0.6 is 11.8 Å². The minimum atomic E-state index is -3.15. The molecule has 24 heavy (non-hydrogen) atoms. The number of carbonyl (C=O) groups is 1. The van der Waals surface area contributed by atoms with Gasteiger partial charge in [-0.1, -0.05) is 37.2 Å². The Labute approximate surface area is 145 Å². The lowest BCUT2D eigenvalue weighted by Gasteiger charge is -2.24. The fourth-order valence-electron chi connectivity index (χ4n) is 2.98. The number of hydrogen-bond acceptors (Lipinski definition) is 4. The summed E-state index contributed by atoms with van der Waals surface area (Å²) in [5, 5.41) is 0.193. The molecule has 0 aliphatic carbocycles. The van der Waals surface area contributed by atoms with E-state index >= 15 is 0 Å². The van der Waals surface area contributed by atoms with Gasteiger partial charge in [0.25, 0.3) is 0 Å². The summed E-state index contributed by atoms with van der Waals surface area (Å²) in [6.07, 6.45) is 1.99. The summed E-state index contributed by atoms with van der Waals surface area (Å²) in [5.74, 6) is -0.698. The normalized spacial score (nSPS) is 26.8. The number of unbranched alkanes of at least 4 members (excludes halogenated alkanes) is 1. The van der Waals surface area contributed by atoms with Crippen molar-refractivity contribution in [1.82, 2.24) is 0 Å². The van der Waals surface area contributed by atoms with Crippen LogP contribution in [0.2, 0.25) is 0 Å². The van der Waals surface area contributed by atoms with Crippen molar-refractivity contribution in [3.8, 4) is 0 Å². The van der Waals surface area contributed by atoms with Crippen molar-refractivity contribution in [2.75, 3.05) is 16.4 Å². The van der Waals surface area contributed by atoms with Crippen LogP contribution in [0, 0.1) is 5.82 Å². The largest absolute Gasteiger partial charge is 0.313 e. The minimum absolute atomic E-state index is 0.0372. The van der Waals surface area contributed by atoms with Gasteiger partial charge in [0, 0.05) is 11.7 Å². The van der Waals surface area contributed by atoms with Gasteiger partial charge in [-0.15, -0.1) is 0 Å². The Bertz CT molecular complexity index is 779. The highest BCUT2D eigenvalue weighted by Gasteiger charge is 2.49. The molecule has 8 heteroatoms. The van der Waals surface area contributed by atoms with Crippen LogP contribution in [0.5, 0.6) is 0 Å². The van der Waals surface area contributed by atoms with E-state index in [0.717, 1.165) is 12.8 Å². The molecule has 0 saturated carbocycles. The molecule has 2 saturated heterocycles. The Morgan fingerprint density at radius 2 is 2.12 bits per heavy atom. The number of benzene rings is 1. The van der Waals surface area contributed by atoms with Crippen molar-refractivity contribution in [3.63, 3.8) is 0 Å². The maximum atomic E-state index is 14.3. The number of anilines is 1. The van der Waals surface area contributed by atoms with Gasteiger partial charge in [0.2, 0.25) is 5.91 Å². The maximum absolute atomic E-state index is 14.3. The van der Waals surface area contributed by atoms with Gasteiger partial charge in [0.1, 0.15) is 5.82 Å². The van der Waals surface area contributed by atoms with Crippen molar-refractivity contribution in [2.24, 2.45) is 4.99 Å². The number of rotatable bonds is 4. The third-order valence-electron chi connectivity index (χ3n) is 4.14. The summed E-state index contributed by atoms with van der Waals surface area (Å²) in [5.41, 5.74) is 0.275. The second-order valence-corrected chi connectivity index (χ2v) is 9.37. The second-order valence-electron chi connectivity index (χ2n) is 6.01. The molecule has 2 fully saturated rings. The number of amidine groups is 1. The van der Waals surface area contributed by atoms with E-state index in [2.05, 4.69) is 4.99 Å². The molecule has 1 amide bonds. The first-order valence-electron chi connectivity index (χ1n) is 7.93. The van der Waals surface area contributed by atoms with Crippen molar-refractivity contribution in [3.05, 3.63) is 30.1 Å². The van der Waals surface area contributed by atoms with E-state index in [0.29, 0.717) is 11.6 Å². The number of carbonyl (C=O) groups excluding carboxylic acids is 1. The first-order valence-corrected chi connectivity index (χ1v) is 10.6. The number of halogens is 1. The Balaban J connectivity index is 1.96. The van der Waals surface area contributed by atoms with E-state index in [1.54, 1.807) is 23.1 Å². The number of nitrogens with zero attached hydrogens (tertiary/aromatic N) is 2. The van der Waals surface area contributed by atoms with Crippen LogP contribution in [-0.4, -0.2) is 42.3 Å². The zero-order valence-corrected chi connectivity index (χ0v) is 14.9. The van der Waals surface area contributed by atoms with Crippen LogP contribution < -0.4 is 4.90 Å². The van der Waals surface area contributed by atoms with Gasteiger partial charge in [0.05, 0.1) is 23.2 Å². The van der Waals surface area contributed by atoms with E-state index in [1.807, 2.05) is 6.92 Å². The van der Waals surface area contributed by atoms with Crippen molar-refractivity contribution < 1.29 is 17.6 Å². The highest BCUT2D eigenvalue weighted by atomic mass is 32.2. The molecule has 0 spiro atoms. The van der Waals surface area contributed by atoms with E-state index < -0.39 is 15.7 Å². The first-order chi connectivity index (χ1) is 11.4. The van der Waals surface area contributed by atoms with Gasteiger partial charge in [0.15, 0.2) is 15.0 Å². The predicted octanol–water partition coefficient (Wildman–Crippen LogP) is 2.62. The van der Waals surface area contributed by atoms with E-state index in [-0.39, 0.29) is 34.4 Å². The molecule has 0 unspecified atom stereocenters. The third kappa shape index (κ3) is 3.49. The number of sulfone groups is 1. The average molecular weight is 370 g/mol. The molecule has 0 aromatic heterocycles. The summed E-state index contributed by atoms with van der Waals surface area (Å²) in [6, 6.07) is 5.81. The summed E-state index contributed by atoms with van der Waals surface area (Å²) in [7, 11) is -3.15. The Morgan fingerprint density at radius 1 is 1.38 bits per heavy atom. The smallest absolute Gasteiger partial charge is 0.248 e. The summed E-state index contributed by atoms with van der Waals surface area (Å²) in [6.45, 7) is 1.99. The van der Waals surface area contributed by atoms with Gasteiger partial charge in [-0.05, 0) is 18.6 Å². The minimum Gasteiger partial charge on any atom is -0.313 e. The summed E-state index contributed by atoms with van der Waals surface area (Å²) < 4.78 is 38.1. The molecule has 2 aliphatic rings. The van der Waals surface area contributed by atoms with Crippen molar-refractivity contribution in [2.45, 2.75) is 37.5 Å². The van der Waals surface area contributed by atoms with Crippen molar-refractivity contribution >= 4 is 38.4 Å². The van der Waals surface area contributed by atoms with Crippen molar-refractivity contribution in [1.29, 1.82) is 0 Å². The lowest BCUT2D eigenvalue weighted by Crippen LogP contribution is -2.38. The van der Waals surface area contributed by atoms with Gasteiger partial charge in [-0.3, -0.25) is 4.79 Å². The molecular weight excluding hydrogens is 351 g/mol. The van der Waals surface area contributed by atoms with Gasteiger partial charge in [-0.25, -0.2) is 12.8 Å². The molecule has 1 aromatic rings. The summed E-state index contributed by atoms with van der Waals surface area (Å²) in [4.78, 5) is 17.8. The molecule has 130 valence electrons. The first kappa shape index (κ1) is 17.4. The fraction of sp³-hybridized carbons (Fsp3) is 0.500. The summed E-state index contributed by atoms with van der Waals surface area (Å²) >= 11 is 1.27. The SMILES string of the molecule is CCCCC(=O)N=C1S[C@H]2CS(=O)(=O)C[C@H]2N1c1ccccc1F. The number of fused-ring (bicyclic) bond motifs is 1. The van der Waals surface area contributed by atoms with Gasteiger partial charge >= 0.3 is 0 Å². The Kier molecular flexibility index (Phi) is 4.96. The van der Waals surface area contributed by atoms with Gasteiger partial charge < -0.3 is 4.90 Å². The van der Waals surface area contributed by atoms with Crippen LogP contribution in [0.4, 0.5) is 10.1 Å². The highest BCUT2D eigenvalue weighted by molar-refractivity contribution is 8.16. The van der Waals surface area contributed by atoms with E-state index in [1.165, 1.54) is 17.8 Å². The molecule has 2 heterocycles. The van der Waals surface area contributed by atoms with Crippen LogP contribution in [0.3, 0.4) is 0 Å². The number of thioether (sulfide) groups is 1. The van der Waals surface area contributed by atoms with Crippen LogP contribution in [0.15, 0.2) is 29.3 Å².